The SMILES string of the molecule is C=C1C(=O)OC2/C=C(/C)C(OC(C)=O)C/C=C(\COC(C)=O)CC(OC(=O)/C(C)=C/CO)C12. The molecule has 2 aliphatic rings. The fourth-order valence-electron chi connectivity index (χ4n) is 3.69. The molecule has 1 fully saturated rings. The molecule has 180 valence electrons. The van der Waals surface area contributed by atoms with Crippen molar-refractivity contribution in [1.29, 1.82) is 0 Å². The van der Waals surface area contributed by atoms with E-state index in [1.54, 1.807) is 19.1 Å². The second-order valence-electron chi connectivity index (χ2n) is 8.03. The predicted octanol–water partition coefficient (Wildman–Crippen LogP) is 2.10. The summed E-state index contributed by atoms with van der Waals surface area (Å²) in [5.41, 5.74) is 1.61. The van der Waals surface area contributed by atoms with Crippen LogP contribution in [0.4, 0.5) is 0 Å². The number of rotatable bonds is 6. The summed E-state index contributed by atoms with van der Waals surface area (Å²) in [5.74, 6) is -2.95. The van der Waals surface area contributed by atoms with Crippen molar-refractivity contribution in [2.75, 3.05) is 13.2 Å². The van der Waals surface area contributed by atoms with Crippen LogP contribution in [-0.4, -0.2) is 60.5 Å². The number of esters is 4. The molecule has 4 atom stereocenters. The van der Waals surface area contributed by atoms with E-state index in [1.165, 1.54) is 26.8 Å². The van der Waals surface area contributed by atoms with Gasteiger partial charge in [-0.3, -0.25) is 9.59 Å². The van der Waals surface area contributed by atoms with Crippen LogP contribution in [0, 0.1) is 5.92 Å². The highest BCUT2D eigenvalue weighted by molar-refractivity contribution is 5.92. The van der Waals surface area contributed by atoms with E-state index in [4.69, 9.17) is 24.1 Å². The number of aliphatic hydroxyl groups excluding tert-OH is 1. The fourth-order valence-corrected chi connectivity index (χ4v) is 3.69. The van der Waals surface area contributed by atoms with E-state index in [2.05, 4.69) is 6.58 Å². The Morgan fingerprint density at radius 1 is 1.21 bits per heavy atom. The van der Waals surface area contributed by atoms with Crippen LogP contribution >= 0.6 is 0 Å². The molecule has 9 heteroatoms. The number of carbonyl (C=O) groups is 4. The van der Waals surface area contributed by atoms with E-state index in [-0.39, 0.29) is 37.2 Å². The van der Waals surface area contributed by atoms with Gasteiger partial charge in [0, 0.05) is 37.8 Å². The van der Waals surface area contributed by atoms with Crippen LogP contribution in [0.2, 0.25) is 0 Å². The predicted molar refractivity (Wildman–Crippen MR) is 116 cm³/mol. The molecule has 33 heavy (non-hydrogen) atoms. The number of fused-ring (bicyclic) bond motifs is 1. The summed E-state index contributed by atoms with van der Waals surface area (Å²) in [6, 6.07) is 0. The van der Waals surface area contributed by atoms with Gasteiger partial charge in [0.15, 0.2) is 0 Å². The molecule has 1 N–H and O–H groups in total. The zero-order valence-corrected chi connectivity index (χ0v) is 19.3. The van der Waals surface area contributed by atoms with Crippen LogP contribution in [0.1, 0.15) is 40.5 Å². The lowest BCUT2D eigenvalue weighted by molar-refractivity contribution is -0.148. The van der Waals surface area contributed by atoms with Crippen molar-refractivity contribution in [3.05, 3.63) is 47.1 Å². The van der Waals surface area contributed by atoms with Gasteiger partial charge in [0.1, 0.15) is 24.9 Å². The first-order chi connectivity index (χ1) is 15.5. The monoisotopic (exact) mass is 462 g/mol. The van der Waals surface area contributed by atoms with Crippen LogP contribution in [0.3, 0.4) is 0 Å². The molecular formula is C24H30O9. The van der Waals surface area contributed by atoms with Crippen LogP contribution in [0.5, 0.6) is 0 Å². The molecule has 1 aliphatic carbocycles. The van der Waals surface area contributed by atoms with Gasteiger partial charge < -0.3 is 24.1 Å². The van der Waals surface area contributed by atoms with E-state index in [0.717, 1.165) is 0 Å². The summed E-state index contributed by atoms with van der Waals surface area (Å²) in [4.78, 5) is 48.0. The molecule has 4 unspecified atom stereocenters. The first-order valence-electron chi connectivity index (χ1n) is 10.6. The van der Waals surface area contributed by atoms with Gasteiger partial charge >= 0.3 is 23.9 Å². The minimum absolute atomic E-state index is 0.0664. The molecule has 9 nitrogen and oxygen atoms in total. The fraction of sp³-hybridized carbons (Fsp3) is 0.500. The second kappa shape index (κ2) is 11.6. The average Bonchev–Trinajstić information content (AvgIpc) is 3.00. The van der Waals surface area contributed by atoms with Crippen LogP contribution in [0.25, 0.3) is 0 Å². The summed E-state index contributed by atoms with van der Waals surface area (Å²) >= 11 is 0. The zero-order valence-electron chi connectivity index (χ0n) is 19.3. The van der Waals surface area contributed by atoms with Gasteiger partial charge in [-0.15, -0.1) is 0 Å². The van der Waals surface area contributed by atoms with Gasteiger partial charge in [-0.2, -0.15) is 0 Å². The number of ether oxygens (including phenoxy) is 4. The molecule has 0 aromatic rings. The van der Waals surface area contributed by atoms with Crippen molar-refractivity contribution in [2.24, 2.45) is 5.92 Å². The molecule has 1 saturated heterocycles. The third-order valence-corrected chi connectivity index (χ3v) is 5.43. The number of hydrogen-bond acceptors (Lipinski definition) is 9. The maximum Gasteiger partial charge on any atom is 0.334 e. The van der Waals surface area contributed by atoms with Gasteiger partial charge in [-0.25, -0.2) is 9.59 Å². The Bertz CT molecular complexity index is 909. The van der Waals surface area contributed by atoms with Crippen LogP contribution < -0.4 is 0 Å². The van der Waals surface area contributed by atoms with Gasteiger partial charge in [0.2, 0.25) is 0 Å². The van der Waals surface area contributed by atoms with E-state index >= 15 is 0 Å². The van der Waals surface area contributed by atoms with E-state index in [1.807, 2.05) is 0 Å². The van der Waals surface area contributed by atoms with Gasteiger partial charge in [-0.05, 0) is 37.1 Å². The normalized spacial score (nSPS) is 28.9. The molecule has 0 spiro atoms. The molecule has 0 saturated carbocycles. The van der Waals surface area contributed by atoms with Gasteiger partial charge in [0.05, 0.1) is 12.5 Å². The summed E-state index contributed by atoms with van der Waals surface area (Å²) in [6.45, 7) is 9.26. The lowest BCUT2D eigenvalue weighted by atomic mass is 9.85. The summed E-state index contributed by atoms with van der Waals surface area (Å²) in [5, 5.41) is 9.09. The Labute approximate surface area is 192 Å². The van der Waals surface area contributed by atoms with Crippen LogP contribution in [0.15, 0.2) is 47.1 Å². The standard InChI is InChI=1S/C24H30O9/c1-13(8-9-25)23(28)32-21-11-18(12-30-16(4)26)6-7-19(31-17(5)27)14(2)10-20-22(21)15(3)24(29)33-20/h6,8,10,19-22,25H,3,7,9,11-12H2,1-2,4-5H3/b13-8+,14-10-,18-6-. The minimum atomic E-state index is -0.861. The molecule has 0 radical (unpaired) electrons. The molecule has 0 aromatic heterocycles. The Balaban J connectivity index is 2.50. The third kappa shape index (κ3) is 7.15. The molecule has 0 amide bonds. The van der Waals surface area contributed by atoms with Crippen LogP contribution in [-0.2, 0) is 38.1 Å². The first kappa shape index (κ1) is 26.1. The lowest BCUT2D eigenvalue weighted by Gasteiger charge is -2.29. The highest BCUT2D eigenvalue weighted by atomic mass is 16.6. The zero-order chi connectivity index (χ0) is 24.7. The summed E-state index contributed by atoms with van der Waals surface area (Å²) < 4.78 is 21.8. The summed E-state index contributed by atoms with van der Waals surface area (Å²) in [6.07, 6.45) is 2.90. The highest BCUT2D eigenvalue weighted by Gasteiger charge is 2.45. The molecule has 1 heterocycles. The molecule has 2 rings (SSSR count). The lowest BCUT2D eigenvalue weighted by Crippen LogP contribution is -2.35. The Morgan fingerprint density at radius 3 is 2.52 bits per heavy atom. The van der Waals surface area contributed by atoms with Crippen molar-refractivity contribution in [3.8, 4) is 0 Å². The molecule has 0 bridgehead atoms. The van der Waals surface area contributed by atoms with Crippen molar-refractivity contribution >= 4 is 23.9 Å². The number of aliphatic hydroxyl groups is 1. The maximum atomic E-state index is 12.6. The van der Waals surface area contributed by atoms with Gasteiger partial charge in [-0.1, -0.05) is 12.7 Å². The van der Waals surface area contributed by atoms with Crippen molar-refractivity contribution < 1.29 is 43.2 Å². The molecule has 1 aliphatic heterocycles. The van der Waals surface area contributed by atoms with E-state index in [0.29, 0.717) is 11.1 Å². The smallest absolute Gasteiger partial charge is 0.334 e. The van der Waals surface area contributed by atoms with Crippen molar-refractivity contribution in [2.45, 2.75) is 58.8 Å². The Hall–Kier alpha value is -3.20. The summed E-state index contributed by atoms with van der Waals surface area (Å²) in [7, 11) is 0. The Kier molecular flexibility index (Phi) is 9.16. The van der Waals surface area contributed by atoms with E-state index in [9.17, 15) is 19.2 Å². The molecule has 0 aromatic carbocycles. The van der Waals surface area contributed by atoms with E-state index < -0.39 is 48.1 Å². The van der Waals surface area contributed by atoms with Crippen molar-refractivity contribution in [1.82, 2.24) is 0 Å². The minimum Gasteiger partial charge on any atom is -0.461 e. The topological polar surface area (TPSA) is 125 Å². The maximum absolute atomic E-state index is 12.6. The average molecular weight is 462 g/mol. The van der Waals surface area contributed by atoms with Crippen molar-refractivity contribution in [3.63, 3.8) is 0 Å². The van der Waals surface area contributed by atoms with Gasteiger partial charge in [0.25, 0.3) is 0 Å². The second-order valence-corrected chi connectivity index (χ2v) is 8.03. The third-order valence-electron chi connectivity index (χ3n) is 5.43. The number of hydrogen-bond donors (Lipinski definition) is 1. The highest BCUT2D eigenvalue weighted by Crippen LogP contribution is 2.37. The number of carbonyl (C=O) groups excluding carboxylic acids is 4. The first-order valence-corrected chi connectivity index (χ1v) is 10.6. The largest absolute Gasteiger partial charge is 0.461 e. The molecular weight excluding hydrogens is 432 g/mol. The Morgan fingerprint density at radius 2 is 1.91 bits per heavy atom. The quantitative estimate of drug-likeness (QED) is 0.273.